The number of amides is 1. The summed E-state index contributed by atoms with van der Waals surface area (Å²) in [5.41, 5.74) is -0.820. The number of pyridine rings is 1. The van der Waals surface area contributed by atoms with Crippen LogP contribution in [-0.2, 0) is 24.2 Å². The Morgan fingerprint density at radius 3 is 2.43 bits per heavy atom. The van der Waals surface area contributed by atoms with Crippen molar-refractivity contribution in [3.63, 3.8) is 0 Å². The van der Waals surface area contributed by atoms with Gasteiger partial charge in [0.25, 0.3) is 5.91 Å². The number of carboxylic acids is 2. The van der Waals surface area contributed by atoms with E-state index in [4.69, 9.17) is 0 Å². The van der Waals surface area contributed by atoms with Crippen LogP contribution in [0.5, 0.6) is 0 Å². The molecule has 0 aliphatic carbocycles. The van der Waals surface area contributed by atoms with Crippen LogP contribution in [0.15, 0.2) is 53.4 Å². The van der Waals surface area contributed by atoms with Crippen LogP contribution in [0, 0.1) is 0 Å². The quantitative estimate of drug-likeness (QED) is 0.265. The monoisotopic (exact) mass is 420 g/mol. The van der Waals surface area contributed by atoms with Gasteiger partial charge in [0.1, 0.15) is 0 Å². The van der Waals surface area contributed by atoms with E-state index in [1.165, 1.54) is 12.3 Å². The molecule has 0 saturated carbocycles. The van der Waals surface area contributed by atoms with Crippen molar-refractivity contribution in [2.45, 2.75) is 5.37 Å². The van der Waals surface area contributed by atoms with Gasteiger partial charge in [-0.3, -0.25) is 14.7 Å². The van der Waals surface area contributed by atoms with Gasteiger partial charge in [-0.25, -0.2) is 8.42 Å². The number of hydrogen-bond acceptors (Lipinski definition) is 8. The van der Waals surface area contributed by atoms with Crippen LogP contribution in [-0.4, -0.2) is 47.3 Å². The van der Waals surface area contributed by atoms with E-state index >= 15 is 0 Å². The Balaban J connectivity index is 0.00000196. The number of hydrogen-bond donors (Lipinski definition) is 0. The summed E-state index contributed by atoms with van der Waals surface area (Å²) < 4.78 is 25.0. The molecule has 28 heavy (non-hydrogen) atoms. The van der Waals surface area contributed by atoms with E-state index in [0.717, 1.165) is 6.08 Å². The number of aliphatic carboxylic acids is 2. The van der Waals surface area contributed by atoms with Crippen LogP contribution >= 0.6 is 0 Å². The summed E-state index contributed by atoms with van der Waals surface area (Å²) in [5.74, 6) is -5.01. The van der Waals surface area contributed by atoms with Gasteiger partial charge in [-0.15, -0.1) is 0 Å². The Morgan fingerprint density at radius 1 is 1.21 bits per heavy atom. The fraction of sp³-hybridized carbons (Fsp3) is 0.125. The first-order valence-electron chi connectivity index (χ1n) is 7.23. The van der Waals surface area contributed by atoms with Crippen molar-refractivity contribution < 1.29 is 92.1 Å². The average molecular weight is 420 g/mol. The molecule has 12 heteroatoms. The molecule has 1 amide bonds. The number of β-lactam (4-membered cyclic amide) rings is 1. The van der Waals surface area contributed by atoms with Crippen LogP contribution in [0.4, 0.5) is 0 Å². The van der Waals surface area contributed by atoms with Crippen LogP contribution in [0.25, 0.3) is 6.08 Å². The van der Waals surface area contributed by atoms with E-state index < -0.39 is 44.5 Å². The minimum Gasteiger partial charge on any atom is -0.545 e. The fourth-order valence-corrected chi connectivity index (χ4v) is 4.70. The maximum Gasteiger partial charge on any atom is 1.00 e. The number of nitrogens with zero attached hydrogens (tertiary/aromatic N) is 2. The Hall–Kier alpha value is -1.27. The standard InChI is InChI=1S/C16H12N2O7S.2Na/c19-12(20)5-4-9-8-26(24,25)15-11(7-10-3-1-2-6-17-10)14(21)18(15)13(9)16(22)23;;/h1-7,15H,8H2,(H,19,20)(H,22,23);;/q;2*+1/p-2/b5-4+,11-7-;;/t15-;;/m0../s1. The molecule has 134 valence electrons. The van der Waals surface area contributed by atoms with Gasteiger partial charge < -0.3 is 19.8 Å². The number of aromatic nitrogens is 1. The summed E-state index contributed by atoms with van der Waals surface area (Å²) in [4.78, 5) is 38.9. The van der Waals surface area contributed by atoms with E-state index in [-0.39, 0.29) is 70.3 Å². The number of carbonyl (C=O) groups excluding carboxylic acids is 3. The molecule has 2 aliphatic rings. The molecule has 1 aromatic rings. The molecule has 0 radical (unpaired) electrons. The SMILES string of the molecule is O=C([O-])/C=C/C1=C(C(=O)[O-])N2C(=O)/C(=C/c3ccccn3)[C@@H]2S(=O)(=O)C1.[Na+].[Na+]. The third kappa shape index (κ3) is 4.65. The summed E-state index contributed by atoms with van der Waals surface area (Å²) in [6, 6.07) is 4.84. The van der Waals surface area contributed by atoms with E-state index in [1.807, 2.05) is 0 Å². The summed E-state index contributed by atoms with van der Waals surface area (Å²) in [7, 11) is -3.99. The molecule has 3 heterocycles. The van der Waals surface area contributed by atoms with Crippen molar-refractivity contribution in [1.82, 2.24) is 9.88 Å². The summed E-state index contributed by atoms with van der Waals surface area (Å²) in [6.45, 7) is 0. The van der Waals surface area contributed by atoms with Crippen molar-refractivity contribution in [3.05, 3.63) is 59.1 Å². The van der Waals surface area contributed by atoms with Gasteiger partial charge in [0.2, 0.25) is 0 Å². The Morgan fingerprint density at radius 2 is 1.89 bits per heavy atom. The predicted octanol–water partition coefficient (Wildman–Crippen LogP) is -8.62. The zero-order valence-corrected chi connectivity index (χ0v) is 19.8. The third-order valence-corrected chi connectivity index (χ3v) is 5.67. The normalized spacial score (nSPS) is 21.4. The van der Waals surface area contributed by atoms with E-state index in [9.17, 15) is 33.0 Å². The molecule has 1 aromatic heterocycles. The predicted molar refractivity (Wildman–Crippen MR) is 82.8 cm³/mol. The number of carboxylic acid groups (broad SMARTS) is 2. The fourth-order valence-electron chi connectivity index (χ4n) is 2.79. The Bertz CT molecular complexity index is 1020. The second kappa shape index (κ2) is 9.49. The zero-order valence-electron chi connectivity index (χ0n) is 15.0. The molecule has 1 saturated heterocycles. The number of allylic oxidation sites excluding steroid dienone is 1. The van der Waals surface area contributed by atoms with Gasteiger partial charge in [-0.05, 0) is 29.9 Å². The smallest absolute Gasteiger partial charge is 0.545 e. The van der Waals surface area contributed by atoms with Gasteiger partial charge in [0.05, 0.1) is 34.7 Å². The van der Waals surface area contributed by atoms with E-state index in [2.05, 4.69) is 4.98 Å². The van der Waals surface area contributed by atoms with Crippen molar-refractivity contribution >= 4 is 33.8 Å². The van der Waals surface area contributed by atoms with Crippen molar-refractivity contribution in [2.24, 2.45) is 0 Å². The van der Waals surface area contributed by atoms with Crippen LogP contribution in [0.1, 0.15) is 5.69 Å². The van der Waals surface area contributed by atoms with Gasteiger partial charge in [-0.2, -0.15) is 0 Å². The molecule has 0 unspecified atom stereocenters. The molecule has 2 aliphatic heterocycles. The molecule has 1 fully saturated rings. The topological polar surface area (TPSA) is 148 Å². The molecular weight excluding hydrogens is 410 g/mol. The maximum atomic E-state index is 12.5. The summed E-state index contributed by atoms with van der Waals surface area (Å²) in [5, 5.41) is 20.5. The minimum atomic E-state index is -3.99. The van der Waals surface area contributed by atoms with Crippen molar-refractivity contribution in [1.29, 1.82) is 0 Å². The largest absolute Gasteiger partial charge is 1.00 e. The minimum absolute atomic E-state index is 0. The molecular formula is C16H10N2Na2O7S. The van der Waals surface area contributed by atoms with Crippen LogP contribution in [0.3, 0.4) is 0 Å². The van der Waals surface area contributed by atoms with Gasteiger partial charge in [0, 0.05) is 6.20 Å². The Labute approximate surface area is 204 Å². The third-order valence-electron chi connectivity index (χ3n) is 3.81. The first-order valence-corrected chi connectivity index (χ1v) is 8.95. The summed E-state index contributed by atoms with van der Waals surface area (Å²) >= 11 is 0. The molecule has 0 N–H and O–H groups in total. The van der Waals surface area contributed by atoms with Crippen molar-refractivity contribution in [3.8, 4) is 0 Å². The van der Waals surface area contributed by atoms with Gasteiger partial charge in [-0.1, -0.05) is 12.1 Å². The number of rotatable bonds is 4. The zero-order chi connectivity index (χ0) is 19.1. The van der Waals surface area contributed by atoms with E-state index in [1.54, 1.807) is 18.2 Å². The molecule has 3 rings (SSSR count). The number of carbonyl (C=O) groups is 3. The van der Waals surface area contributed by atoms with Crippen LogP contribution < -0.4 is 69.3 Å². The first-order chi connectivity index (χ1) is 12.2. The second-order valence-corrected chi connectivity index (χ2v) is 7.56. The molecule has 1 atom stereocenters. The van der Waals surface area contributed by atoms with Crippen molar-refractivity contribution in [2.75, 3.05) is 5.75 Å². The Kier molecular flexibility index (Phi) is 8.39. The number of sulfone groups is 1. The van der Waals surface area contributed by atoms with Crippen LogP contribution in [0.2, 0.25) is 0 Å². The molecule has 0 bridgehead atoms. The summed E-state index contributed by atoms with van der Waals surface area (Å²) in [6.07, 6.45) is 4.00. The molecule has 0 aromatic carbocycles. The maximum absolute atomic E-state index is 12.5. The van der Waals surface area contributed by atoms with Gasteiger partial charge >= 0.3 is 59.1 Å². The molecule has 9 nitrogen and oxygen atoms in total. The van der Waals surface area contributed by atoms with Gasteiger partial charge in [0.15, 0.2) is 15.2 Å². The second-order valence-electron chi connectivity index (χ2n) is 5.50. The number of fused-ring (bicyclic) bond motifs is 1. The first kappa shape index (κ1) is 24.8. The molecule has 0 spiro atoms. The van der Waals surface area contributed by atoms with E-state index in [0.29, 0.717) is 16.7 Å². The average Bonchev–Trinajstić information content (AvgIpc) is 2.57.